The number of carbonyl (C=O) groups is 1. The van der Waals surface area contributed by atoms with E-state index in [-0.39, 0.29) is 5.97 Å². The van der Waals surface area contributed by atoms with Crippen molar-refractivity contribution in [2.75, 3.05) is 7.11 Å². The van der Waals surface area contributed by atoms with E-state index in [0.717, 1.165) is 12.1 Å². The van der Waals surface area contributed by atoms with Gasteiger partial charge in [0.05, 0.1) is 18.8 Å². The van der Waals surface area contributed by atoms with E-state index in [2.05, 4.69) is 16.7 Å². The van der Waals surface area contributed by atoms with Crippen molar-refractivity contribution in [2.45, 2.75) is 58.4 Å². The molecule has 1 fully saturated rings. The Morgan fingerprint density at radius 2 is 2.06 bits per heavy atom. The fraction of sp³-hybridized carbons (Fsp3) is 0.714. The van der Waals surface area contributed by atoms with Crippen LogP contribution in [0, 0.1) is 13.8 Å². The molecule has 4 heteroatoms. The Hall–Kier alpha value is -1.32. The molecule has 0 radical (unpaired) electrons. The lowest BCUT2D eigenvalue weighted by Crippen LogP contribution is -2.09. The monoisotopic (exact) mass is 250 g/mol. The second-order valence-corrected chi connectivity index (χ2v) is 5.11. The van der Waals surface area contributed by atoms with E-state index in [1.807, 2.05) is 6.92 Å². The zero-order valence-electron chi connectivity index (χ0n) is 11.5. The number of esters is 1. The number of rotatable bonds is 4. The molecule has 0 atom stereocenters. The summed E-state index contributed by atoms with van der Waals surface area (Å²) in [5, 5.41) is 4.66. The van der Waals surface area contributed by atoms with Gasteiger partial charge in [-0.1, -0.05) is 12.8 Å². The van der Waals surface area contributed by atoms with Gasteiger partial charge in [0.1, 0.15) is 0 Å². The Morgan fingerprint density at radius 3 is 2.67 bits per heavy atom. The largest absolute Gasteiger partial charge is 0.469 e. The van der Waals surface area contributed by atoms with Crippen LogP contribution in [0.25, 0.3) is 0 Å². The summed E-state index contributed by atoms with van der Waals surface area (Å²) >= 11 is 0. The van der Waals surface area contributed by atoms with E-state index < -0.39 is 0 Å². The van der Waals surface area contributed by atoms with Crippen LogP contribution in [0.2, 0.25) is 0 Å². The van der Waals surface area contributed by atoms with Crippen molar-refractivity contribution in [3.63, 3.8) is 0 Å². The smallest absolute Gasteiger partial charge is 0.305 e. The summed E-state index contributed by atoms with van der Waals surface area (Å²) in [4.78, 5) is 11.2. The Bertz CT molecular complexity index is 431. The lowest BCUT2D eigenvalue weighted by molar-refractivity contribution is -0.140. The lowest BCUT2D eigenvalue weighted by atomic mass is 10.1. The zero-order chi connectivity index (χ0) is 13.1. The van der Waals surface area contributed by atoms with Crippen LogP contribution in [-0.4, -0.2) is 22.9 Å². The number of aromatic nitrogens is 2. The molecule has 0 unspecified atom stereocenters. The molecule has 0 amide bonds. The molecule has 0 bridgehead atoms. The van der Waals surface area contributed by atoms with Gasteiger partial charge >= 0.3 is 5.97 Å². The Kier molecular flexibility index (Phi) is 4.04. The molecule has 0 N–H and O–H groups in total. The third kappa shape index (κ3) is 2.57. The van der Waals surface area contributed by atoms with Crippen molar-refractivity contribution in [3.05, 3.63) is 17.0 Å². The molecular formula is C14H22N2O2. The molecule has 0 saturated heterocycles. The van der Waals surface area contributed by atoms with Gasteiger partial charge in [0.25, 0.3) is 0 Å². The normalized spacial score (nSPS) is 16.2. The van der Waals surface area contributed by atoms with Crippen LogP contribution in [0.1, 0.15) is 55.1 Å². The van der Waals surface area contributed by atoms with Crippen molar-refractivity contribution in [3.8, 4) is 0 Å². The van der Waals surface area contributed by atoms with Crippen molar-refractivity contribution < 1.29 is 9.53 Å². The van der Waals surface area contributed by atoms with E-state index in [0.29, 0.717) is 12.5 Å². The van der Waals surface area contributed by atoms with Crippen LogP contribution in [-0.2, 0) is 16.0 Å². The summed E-state index contributed by atoms with van der Waals surface area (Å²) in [7, 11) is 1.43. The summed E-state index contributed by atoms with van der Waals surface area (Å²) < 4.78 is 6.87. The highest BCUT2D eigenvalue weighted by atomic mass is 16.5. The van der Waals surface area contributed by atoms with Crippen molar-refractivity contribution in [1.82, 2.24) is 9.78 Å². The van der Waals surface area contributed by atoms with Crippen LogP contribution in [0.3, 0.4) is 0 Å². The molecule has 0 aromatic carbocycles. The molecule has 1 aromatic rings. The van der Waals surface area contributed by atoms with Crippen molar-refractivity contribution in [2.24, 2.45) is 0 Å². The van der Waals surface area contributed by atoms with Gasteiger partial charge < -0.3 is 4.74 Å². The van der Waals surface area contributed by atoms with Gasteiger partial charge in [-0.3, -0.25) is 9.48 Å². The van der Waals surface area contributed by atoms with E-state index in [1.165, 1.54) is 44.1 Å². The highest BCUT2D eigenvalue weighted by Crippen LogP contribution is 2.31. The quantitative estimate of drug-likeness (QED) is 0.772. The fourth-order valence-electron chi connectivity index (χ4n) is 2.89. The zero-order valence-corrected chi connectivity index (χ0v) is 11.5. The molecule has 2 rings (SSSR count). The van der Waals surface area contributed by atoms with Crippen LogP contribution >= 0.6 is 0 Å². The third-order valence-electron chi connectivity index (χ3n) is 3.95. The maximum Gasteiger partial charge on any atom is 0.305 e. The van der Waals surface area contributed by atoms with E-state index >= 15 is 0 Å². The number of nitrogens with zero attached hydrogens (tertiary/aromatic N) is 2. The summed E-state index contributed by atoms with van der Waals surface area (Å²) in [6.45, 7) is 4.15. The number of carbonyl (C=O) groups excluding carboxylic acids is 1. The van der Waals surface area contributed by atoms with Crippen LogP contribution in [0.4, 0.5) is 0 Å². The fourth-order valence-corrected chi connectivity index (χ4v) is 2.89. The first-order valence-corrected chi connectivity index (χ1v) is 6.75. The minimum absolute atomic E-state index is 0.151. The first-order valence-electron chi connectivity index (χ1n) is 6.75. The molecular weight excluding hydrogens is 228 g/mol. The molecule has 1 aromatic heterocycles. The molecule has 1 saturated carbocycles. The van der Waals surface area contributed by atoms with E-state index in [9.17, 15) is 4.79 Å². The van der Waals surface area contributed by atoms with Gasteiger partial charge in [-0.05, 0) is 38.7 Å². The second kappa shape index (κ2) is 5.55. The standard InChI is InChI=1S/C14H22N2O2/c1-10-13(8-9-14(17)18-3)11(2)16(15-10)12-6-4-5-7-12/h12H,4-9H2,1-3H3. The summed E-state index contributed by atoms with van der Waals surface area (Å²) in [5.74, 6) is -0.151. The minimum Gasteiger partial charge on any atom is -0.469 e. The summed E-state index contributed by atoms with van der Waals surface area (Å²) in [6.07, 6.45) is 6.25. The average Bonchev–Trinajstić information content (AvgIpc) is 2.96. The first kappa shape index (κ1) is 13.1. The van der Waals surface area contributed by atoms with Crippen LogP contribution in [0.5, 0.6) is 0 Å². The molecule has 1 aliphatic carbocycles. The maximum absolute atomic E-state index is 11.2. The first-order chi connectivity index (χ1) is 8.63. The molecule has 18 heavy (non-hydrogen) atoms. The van der Waals surface area contributed by atoms with Crippen molar-refractivity contribution >= 4 is 5.97 Å². The third-order valence-corrected chi connectivity index (χ3v) is 3.95. The molecule has 0 spiro atoms. The topological polar surface area (TPSA) is 44.1 Å². The number of aryl methyl sites for hydroxylation is 1. The molecule has 100 valence electrons. The molecule has 0 aliphatic heterocycles. The van der Waals surface area contributed by atoms with Gasteiger partial charge in [0, 0.05) is 12.1 Å². The van der Waals surface area contributed by atoms with Crippen LogP contribution in [0.15, 0.2) is 0 Å². The summed E-state index contributed by atoms with van der Waals surface area (Å²) in [6, 6.07) is 0.565. The number of hydrogen-bond donors (Lipinski definition) is 0. The predicted molar refractivity (Wildman–Crippen MR) is 69.5 cm³/mol. The number of ether oxygens (including phenoxy) is 1. The van der Waals surface area contributed by atoms with E-state index in [4.69, 9.17) is 4.74 Å². The number of methoxy groups -OCH3 is 1. The molecule has 4 nitrogen and oxygen atoms in total. The van der Waals surface area contributed by atoms with Crippen LogP contribution < -0.4 is 0 Å². The van der Waals surface area contributed by atoms with Gasteiger partial charge in [-0.15, -0.1) is 0 Å². The van der Waals surface area contributed by atoms with Gasteiger partial charge in [0.15, 0.2) is 0 Å². The maximum atomic E-state index is 11.2. The van der Waals surface area contributed by atoms with Gasteiger partial charge in [-0.25, -0.2) is 0 Å². The Balaban J connectivity index is 2.13. The average molecular weight is 250 g/mol. The Morgan fingerprint density at radius 1 is 1.39 bits per heavy atom. The number of hydrogen-bond acceptors (Lipinski definition) is 3. The Labute approximate surface area is 108 Å². The lowest BCUT2D eigenvalue weighted by Gasteiger charge is -2.12. The summed E-state index contributed by atoms with van der Waals surface area (Å²) in [5.41, 5.74) is 3.50. The van der Waals surface area contributed by atoms with Gasteiger partial charge in [0.2, 0.25) is 0 Å². The van der Waals surface area contributed by atoms with Crippen molar-refractivity contribution in [1.29, 1.82) is 0 Å². The minimum atomic E-state index is -0.151. The second-order valence-electron chi connectivity index (χ2n) is 5.11. The molecule has 1 heterocycles. The van der Waals surface area contributed by atoms with Gasteiger partial charge in [-0.2, -0.15) is 5.10 Å². The SMILES string of the molecule is COC(=O)CCc1c(C)nn(C2CCCC2)c1C. The van der Waals surface area contributed by atoms with E-state index in [1.54, 1.807) is 0 Å². The highest BCUT2D eigenvalue weighted by molar-refractivity contribution is 5.69. The predicted octanol–water partition coefficient (Wildman–Crippen LogP) is 2.72. The highest BCUT2D eigenvalue weighted by Gasteiger charge is 2.22. The molecule has 1 aliphatic rings.